The topological polar surface area (TPSA) is 267 Å². The van der Waals surface area contributed by atoms with E-state index < -0.39 is 25.1 Å². The molecule has 83 heavy (non-hydrogen) atoms. The van der Waals surface area contributed by atoms with Gasteiger partial charge < -0.3 is 21.7 Å². The Bertz CT molecular complexity index is 4020. The molecule has 21 nitrogen and oxygen atoms in total. The lowest BCUT2D eigenvalue weighted by molar-refractivity contribution is 0.0867. The lowest BCUT2D eigenvalue weighted by Crippen LogP contribution is -2.49. The zero-order valence-electron chi connectivity index (χ0n) is 45.6. The summed E-state index contributed by atoms with van der Waals surface area (Å²) in [6.45, 7) is 6.54. The van der Waals surface area contributed by atoms with E-state index >= 15 is 0 Å². The van der Waals surface area contributed by atoms with Crippen LogP contribution in [0.15, 0.2) is 99.2 Å². The number of nitrogens with zero attached hydrogens (tertiary/aromatic N) is 11. The first-order valence-electron chi connectivity index (χ1n) is 27.4. The molecule has 8 aromatic heterocycles. The van der Waals surface area contributed by atoms with Gasteiger partial charge >= 0.3 is 0 Å². The predicted molar refractivity (Wildman–Crippen MR) is 322 cm³/mol. The van der Waals surface area contributed by atoms with Crippen molar-refractivity contribution < 1.29 is 14.4 Å². The average Bonchev–Trinajstić information content (AvgIpc) is 2.15. The molecule has 0 saturated heterocycles. The first-order valence-corrected chi connectivity index (χ1v) is 32.8. The Kier molecular flexibility index (Phi) is 15.6. The van der Waals surface area contributed by atoms with E-state index in [-0.39, 0.29) is 55.8 Å². The third-order valence-corrected chi connectivity index (χ3v) is 18.2. The molecule has 5 N–H and O–H groups in total. The first kappa shape index (κ1) is 57.3. The van der Waals surface area contributed by atoms with Crippen LogP contribution in [0, 0.1) is 11.5 Å². The maximum Gasteiger partial charge on any atom is 0.277 e. The smallest absolute Gasteiger partial charge is 0.277 e. The monoisotopic (exact) mass is 1260 g/mol. The van der Waals surface area contributed by atoms with Crippen LogP contribution in [0.1, 0.15) is 133 Å². The van der Waals surface area contributed by atoms with Crippen molar-refractivity contribution >= 4 is 104 Å². The molecule has 3 spiro atoms. The molecule has 0 unspecified atom stereocenters. The van der Waals surface area contributed by atoms with Crippen molar-refractivity contribution in [2.45, 2.75) is 133 Å². The second-order valence-corrected chi connectivity index (χ2v) is 29.3. The number of pyridine rings is 3. The minimum Gasteiger partial charge on any atom is -0.383 e. The zero-order chi connectivity index (χ0) is 58.6. The number of aromatic nitrogens is 11. The molecule has 8 aromatic rings. The van der Waals surface area contributed by atoms with Crippen molar-refractivity contribution in [1.82, 2.24) is 68.7 Å². The number of carbonyl (C=O) groups excluding carboxylic acids is 3. The number of fused-ring (bicyclic) bond motifs is 8. The Morgan fingerprint density at radius 2 is 0.916 bits per heavy atom. The Morgan fingerprint density at radius 3 is 1.31 bits per heavy atom. The van der Waals surface area contributed by atoms with Gasteiger partial charge in [0.15, 0.2) is 0 Å². The lowest BCUT2D eigenvalue weighted by Gasteiger charge is -2.35. The number of rotatable bonds is 2. The van der Waals surface area contributed by atoms with E-state index in [1.165, 1.54) is 25.0 Å². The Labute approximate surface area is 499 Å². The molecular formula is C57H57BrCl3N15O6Si. The molecule has 3 fully saturated rings. The van der Waals surface area contributed by atoms with Gasteiger partial charge in [-0.25, -0.2) is 29.9 Å². The largest absolute Gasteiger partial charge is 0.383 e. The molecule has 0 bridgehead atoms. The van der Waals surface area contributed by atoms with Gasteiger partial charge in [-0.2, -0.15) is 0 Å². The van der Waals surface area contributed by atoms with E-state index in [2.05, 4.69) is 92.9 Å². The zero-order valence-corrected chi connectivity index (χ0v) is 50.4. The minimum atomic E-state index is -1.34. The second kappa shape index (κ2) is 22.6. The SMILES string of the molecule is C[Si](C)(C)C#Cc1cncnc1N.O=C1NC2(CCCCC2)n2c1c(Cl)cc(-n1ccc3cncnc31)c2=O.O=C1NC2(CCCCC2)n2c1c(Cl)cc(-n1ccc3cncnc31)c2=O.O=C1NC2(CCCCC2)n2c1c(Cl)cc(Br)c2=O. The molecule has 26 heteroatoms. The van der Waals surface area contributed by atoms with Crippen LogP contribution in [-0.4, -0.2) is 78.5 Å². The number of nitrogens with two attached hydrogens (primary N) is 1. The molecular weight excluding hydrogens is 1210 g/mol. The van der Waals surface area contributed by atoms with Gasteiger partial charge in [0, 0.05) is 41.8 Å². The highest BCUT2D eigenvalue weighted by Crippen LogP contribution is 2.41. The van der Waals surface area contributed by atoms with E-state index in [0.717, 1.165) is 113 Å². The van der Waals surface area contributed by atoms with E-state index in [1.807, 2.05) is 12.1 Å². The summed E-state index contributed by atoms with van der Waals surface area (Å²) >= 11 is 22.2. The second-order valence-electron chi connectivity index (χ2n) is 22.5. The number of halogens is 4. The van der Waals surface area contributed by atoms with Crippen LogP contribution in [-0.2, 0) is 17.0 Å². The van der Waals surface area contributed by atoms with Crippen molar-refractivity contribution in [3.8, 4) is 22.8 Å². The molecule has 428 valence electrons. The first-order chi connectivity index (χ1) is 39.8. The normalized spacial score (nSPS) is 17.6. The quantitative estimate of drug-likeness (QED) is 0.0930. The lowest BCUT2D eigenvalue weighted by atomic mass is 9.89. The molecule has 0 radical (unpaired) electrons. The minimum absolute atomic E-state index is 0.186. The summed E-state index contributed by atoms with van der Waals surface area (Å²) in [5.74, 6) is 2.67. The van der Waals surface area contributed by atoms with Crippen LogP contribution in [0.25, 0.3) is 33.4 Å². The van der Waals surface area contributed by atoms with Crippen LogP contribution in [0.3, 0.4) is 0 Å². The van der Waals surface area contributed by atoms with E-state index in [9.17, 15) is 28.8 Å². The van der Waals surface area contributed by atoms with Crippen molar-refractivity contribution in [1.29, 1.82) is 0 Å². The molecule has 3 aliphatic heterocycles. The van der Waals surface area contributed by atoms with Crippen molar-refractivity contribution in [2.24, 2.45) is 0 Å². The third-order valence-electron chi connectivity index (χ3n) is 15.9. The summed E-state index contributed by atoms with van der Waals surface area (Å²) < 4.78 is 8.53. The Morgan fingerprint density at radius 1 is 0.542 bits per heavy atom. The summed E-state index contributed by atoms with van der Waals surface area (Å²) in [4.78, 5) is 101. The number of carbonyl (C=O) groups is 3. The molecule has 3 saturated carbocycles. The number of anilines is 1. The fourth-order valence-corrected chi connectivity index (χ4v) is 14.0. The maximum atomic E-state index is 13.4. The molecule has 0 aromatic carbocycles. The van der Waals surface area contributed by atoms with Crippen LogP contribution >= 0.6 is 50.7 Å². The highest BCUT2D eigenvalue weighted by Gasteiger charge is 2.48. The fourth-order valence-electron chi connectivity index (χ4n) is 12.2. The maximum absolute atomic E-state index is 13.4. The van der Waals surface area contributed by atoms with Gasteiger partial charge in [0.2, 0.25) is 0 Å². The summed E-state index contributed by atoms with van der Waals surface area (Å²) in [6, 6.07) is 8.30. The highest BCUT2D eigenvalue weighted by molar-refractivity contribution is 9.10. The van der Waals surface area contributed by atoms with E-state index in [4.69, 9.17) is 40.5 Å². The predicted octanol–water partition coefficient (Wildman–Crippen LogP) is 9.10. The van der Waals surface area contributed by atoms with Crippen molar-refractivity contribution in [2.75, 3.05) is 5.73 Å². The van der Waals surface area contributed by atoms with Gasteiger partial charge in [0.25, 0.3) is 34.4 Å². The summed E-state index contributed by atoms with van der Waals surface area (Å²) in [6.07, 6.45) is 26.7. The van der Waals surface area contributed by atoms with Gasteiger partial charge in [0.1, 0.15) is 89.6 Å². The fraction of sp³-hybridized carbons (Fsp3) is 0.368. The van der Waals surface area contributed by atoms with Crippen molar-refractivity contribution in [3.05, 3.63) is 154 Å². The summed E-state index contributed by atoms with van der Waals surface area (Å²) in [5, 5.41) is 11.5. The summed E-state index contributed by atoms with van der Waals surface area (Å²) in [7, 11) is -1.34. The number of nitrogen functional groups attached to an aromatic ring is 1. The molecule has 14 rings (SSSR count). The Balaban J connectivity index is 0.000000120. The van der Waals surface area contributed by atoms with E-state index in [0.29, 0.717) is 43.7 Å². The molecule has 11 heterocycles. The average molecular weight is 1260 g/mol. The molecule has 3 aliphatic carbocycles. The Hall–Kier alpha value is -7.49. The van der Waals surface area contributed by atoms with Crippen LogP contribution in [0.5, 0.6) is 0 Å². The molecule has 6 aliphatic rings. The number of hydrogen-bond acceptors (Lipinski definition) is 13. The van der Waals surface area contributed by atoms with Gasteiger partial charge in [-0.05, 0) is 123 Å². The molecule has 3 amide bonds. The molecule has 0 atom stereocenters. The van der Waals surface area contributed by atoms with Gasteiger partial charge in [-0.3, -0.25) is 51.6 Å². The van der Waals surface area contributed by atoms with Crippen LogP contribution in [0.4, 0.5) is 5.82 Å². The third kappa shape index (κ3) is 10.6. The number of hydrogen-bond donors (Lipinski definition) is 4. The number of nitrogens with one attached hydrogen (secondary N) is 3. The van der Waals surface area contributed by atoms with Crippen LogP contribution in [0.2, 0.25) is 34.7 Å². The number of amides is 3. The standard InChI is InChI=1S/2C18H16ClN5O2.C12H12BrClN2O2.C9H13N3Si/c2*19-12-8-13(23-7-4-11-9-20-10-21-15(11)23)17(26)24-14(12)16(25)22-18(24)5-2-1-3-6-18;13-7-6-8(14)9-10(17)15-12(16(9)11(7)18)4-2-1-3-5-12;1-13(2,3)5-4-8-6-11-7-12-9(8)10/h2*4,7-10H,1-3,5-6H2,(H,22,25);6H,1-5H2,(H,15,17);6-7H,1-3H3,(H2,10,11,12). The summed E-state index contributed by atoms with van der Waals surface area (Å²) in [5.41, 5.74) is 9.83. The van der Waals surface area contributed by atoms with Crippen molar-refractivity contribution in [3.63, 3.8) is 0 Å². The van der Waals surface area contributed by atoms with Gasteiger partial charge in [-0.15, -0.1) is 5.54 Å². The van der Waals surface area contributed by atoms with Gasteiger partial charge in [0.05, 0.1) is 25.1 Å². The van der Waals surface area contributed by atoms with Crippen LogP contribution < -0.4 is 38.4 Å². The van der Waals surface area contributed by atoms with E-state index in [1.54, 1.807) is 66.0 Å². The highest BCUT2D eigenvalue weighted by atomic mass is 79.9. The van der Waals surface area contributed by atoms with Gasteiger partial charge in [-0.1, -0.05) is 79.6 Å².